The molecule has 1 fully saturated rings. The number of rotatable bonds is 9. The second kappa shape index (κ2) is 10.6. The number of ketones is 1. The summed E-state index contributed by atoms with van der Waals surface area (Å²) < 4.78 is 24.2. The number of hydrogen-bond donors (Lipinski definition) is 1. The van der Waals surface area contributed by atoms with Crippen LogP contribution in [0.5, 0.6) is 0 Å². The molecule has 0 amide bonds. The third-order valence-corrected chi connectivity index (χ3v) is 7.03. The molecule has 1 aliphatic carbocycles. The largest absolute Gasteiger partial charge is 0.387 e. The number of allylic oxidation sites excluding steroid dienone is 1. The van der Waals surface area contributed by atoms with Crippen molar-refractivity contribution in [2.45, 2.75) is 52.0 Å². The second-order valence-electron chi connectivity index (χ2n) is 6.32. The molecule has 27 heavy (non-hydrogen) atoms. The Balaban J connectivity index is 2.40. The van der Waals surface area contributed by atoms with Crippen molar-refractivity contribution in [2.24, 2.45) is 0 Å². The molecule has 0 aromatic heterocycles. The summed E-state index contributed by atoms with van der Waals surface area (Å²) in [5, 5.41) is 3.81. The highest BCUT2D eigenvalue weighted by molar-refractivity contribution is 7.60. The van der Waals surface area contributed by atoms with E-state index in [2.05, 4.69) is 5.32 Å². The molecule has 2 rings (SSSR count). The Morgan fingerprint density at radius 3 is 2.37 bits per heavy atom. The Bertz CT molecular complexity index is 722. The smallest absolute Gasteiger partial charge is 0.366 e. The van der Waals surface area contributed by atoms with Crippen LogP contribution in [-0.2, 0) is 13.6 Å². The fourth-order valence-corrected chi connectivity index (χ4v) is 5.19. The fourth-order valence-electron chi connectivity index (χ4n) is 3.06. The van der Waals surface area contributed by atoms with Gasteiger partial charge in [0.25, 0.3) is 0 Å². The van der Waals surface area contributed by atoms with Crippen LogP contribution in [0.25, 0.3) is 0 Å². The molecule has 0 bridgehead atoms. The number of benzene rings is 1. The molecule has 5 nitrogen and oxygen atoms in total. The summed E-state index contributed by atoms with van der Waals surface area (Å²) in [5.74, 6) is -0.495. The third kappa shape index (κ3) is 6.07. The highest BCUT2D eigenvalue weighted by atomic mass is 35.5. The number of Topliss-reactive ketones (excluding diaryl/α,β-unsaturated/α-hetero) is 1. The molecule has 0 aliphatic heterocycles. The van der Waals surface area contributed by atoms with Crippen LogP contribution in [0.1, 0.15) is 56.3 Å². The van der Waals surface area contributed by atoms with E-state index in [-0.39, 0.29) is 35.2 Å². The molecule has 1 aromatic rings. The van der Waals surface area contributed by atoms with Gasteiger partial charge in [-0.2, -0.15) is 0 Å². The van der Waals surface area contributed by atoms with Gasteiger partial charge < -0.3 is 14.4 Å². The minimum absolute atomic E-state index is 0.0407. The van der Waals surface area contributed by atoms with Crippen molar-refractivity contribution in [3.63, 3.8) is 0 Å². The molecule has 0 radical (unpaired) electrons. The third-order valence-electron chi connectivity index (χ3n) is 4.36. The Morgan fingerprint density at radius 2 is 1.81 bits per heavy atom. The Hall–Kier alpha value is -0.840. The summed E-state index contributed by atoms with van der Waals surface area (Å²) in [7, 11) is -3.79. The van der Waals surface area contributed by atoms with Crippen LogP contribution in [0, 0.1) is 0 Å². The van der Waals surface area contributed by atoms with Gasteiger partial charge in [-0.05, 0) is 44.9 Å². The zero-order valence-electron chi connectivity index (χ0n) is 15.7. The average molecular weight is 434 g/mol. The van der Waals surface area contributed by atoms with E-state index in [4.69, 9.17) is 32.2 Å². The summed E-state index contributed by atoms with van der Waals surface area (Å²) in [5.41, 5.74) is 0.206. The molecule has 1 saturated carbocycles. The maximum Gasteiger partial charge on any atom is 0.366 e. The summed E-state index contributed by atoms with van der Waals surface area (Å²) >= 11 is 12.1. The van der Waals surface area contributed by atoms with E-state index < -0.39 is 13.4 Å². The van der Waals surface area contributed by atoms with E-state index in [1.54, 1.807) is 19.9 Å². The summed E-state index contributed by atoms with van der Waals surface area (Å²) in [6.45, 7) is 3.72. The van der Waals surface area contributed by atoms with Gasteiger partial charge in [0.05, 0.1) is 18.2 Å². The van der Waals surface area contributed by atoms with E-state index in [0.29, 0.717) is 5.02 Å². The Labute approximate surface area is 170 Å². The second-order valence-corrected chi connectivity index (χ2v) is 9.15. The summed E-state index contributed by atoms with van der Waals surface area (Å²) in [4.78, 5) is 13.2. The molecular formula is C19H26Cl2NO4P. The maximum atomic E-state index is 13.3. The predicted octanol–water partition coefficient (Wildman–Crippen LogP) is 6.21. The number of carbonyl (C=O) groups is 1. The van der Waals surface area contributed by atoms with Gasteiger partial charge in [0, 0.05) is 22.8 Å². The minimum Gasteiger partial charge on any atom is -0.387 e. The van der Waals surface area contributed by atoms with Crippen molar-refractivity contribution in [3.05, 3.63) is 45.3 Å². The first-order valence-electron chi connectivity index (χ1n) is 9.27. The van der Waals surface area contributed by atoms with Crippen molar-refractivity contribution >= 4 is 36.6 Å². The molecule has 0 spiro atoms. The van der Waals surface area contributed by atoms with Gasteiger partial charge in [0.2, 0.25) is 5.78 Å². The van der Waals surface area contributed by atoms with Gasteiger partial charge >= 0.3 is 7.60 Å². The lowest BCUT2D eigenvalue weighted by molar-refractivity contribution is 0.103. The van der Waals surface area contributed by atoms with E-state index in [1.807, 2.05) is 0 Å². The summed E-state index contributed by atoms with van der Waals surface area (Å²) in [6.07, 6.45) is 6.99. The highest BCUT2D eigenvalue weighted by Crippen LogP contribution is 2.57. The van der Waals surface area contributed by atoms with Crippen LogP contribution in [0.4, 0.5) is 0 Å². The predicted molar refractivity (Wildman–Crippen MR) is 110 cm³/mol. The first-order valence-corrected chi connectivity index (χ1v) is 11.6. The van der Waals surface area contributed by atoms with Crippen LogP contribution in [-0.4, -0.2) is 25.0 Å². The Morgan fingerprint density at radius 1 is 1.19 bits per heavy atom. The van der Waals surface area contributed by atoms with Crippen molar-refractivity contribution < 1.29 is 18.4 Å². The zero-order chi connectivity index (χ0) is 19.9. The van der Waals surface area contributed by atoms with Crippen molar-refractivity contribution in [2.75, 3.05) is 13.2 Å². The quantitative estimate of drug-likeness (QED) is 0.285. The molecule has 8 heteroatoms. The molecule has 0 heterocycles. The SMILES string of the molecule is CCOP(=O)(OCC)/C(=C/NC1CCCCC1)C(=O)c1ccc(Cl)cc1Cl. The van der Waals surface area contributed by atoms with Crippen molar-refractivity contribution in [3.8, 4) is 0 Å². The van der Waals surface area contributed by atoms with Crippen LogP contribution < -0.4 is 5.32 Å². The van der Waals surface area contributed by atoms with E-state index in [1.165, 1.54) is 24.8 Å². The number of nitrogens with one attached hydrogen (secondary N) is 1. The van der Waals surface area contributed by atoms with E-state index in [9.17, 15) is 9.36 Å². The topological polar surface area (TPSA) is 64.6 Å². The lowest BCUT2D eigenvalue weighted by Gasteiger charge is -2.24. The van der Waals surface area contributed by atoms with E-state index in [0.717, 1.165) is 25.7 Å². The van der Waals surface area contributed by atoms with Crippen LogP contribution in [0.15, 0.2) is 29.7 Å². The molecule has 1 aromatic carbocycles. The van der Waals surface area contributed by atoms with Gasteiger partial charge in [0.1, 0.15) is 5.31 Å². The molecule has 150 valence electrons. The monoisotopic (exact) mass is 433 g/mol. The van der Waals surface area contributed by atoms with Crippen LogP contribution >= 0.6 is 30.8 Å². The molecule has 1 N–H and O–H groups in total. The van der Waals surface area contributed by atoms with Crippen LogP contribution in [0.3, 0.4) is 0 Å². The highest BCUT2D eigenvalue weighted by Gasteiger charge is 2.36. The molecule has 1 aliphatic rings. The van der Waals surface area contributed by atoms with Crippen molar-refractivity contribution in [1.29, 1.82) is 0 Å². The summed E-state index contributed by atoms with van der Waals surface area (Å²) in [6, 6.07) is 4.80. The molecule has 0 atom stereocenters. The molecular weight excluding hydrogens is 408 g/mol. The number of hydrogen-bond acceptors (Lipinski definition) is 5. The maximum absolute atomic E-state index is 13.3. The van der Waals surface area contributed by atoms with Gasteiger partial charge in [-0.3, -0.25) is 9.36 Å². The zero-order valence-corrected chi connectivity index (χ0v) is 18.1. The standard InChI is InChI=1S/C19H26Cl2NO4P/c1-3-25-27(24,26-4-2)18(13-22-15-8-6-5-7-9-15)19(23)16-11-10-14(20)12-17(16)21/h10-13,15,22H,3-9H2,1-2H3/b18-13+. The van der Waals surface area contributed by atoms with E-state index >= 15 is 0 Å². The normalized spacial score (nSPS) is 16.4. The Kier molecular flexibility index (Phi) is 8.84. The van der Waals surface area contributed by atoms with Gasteiger partial charge in [-0.25, -0.2) is 0 Å². The molecule has 0 saturated heterocycles. The van der Waals surface area contributed by atoms with Gasteiger partial charge in [-0.1, -0.05) is 42.5 Å². The fraction of sp³-hybridized carbons (Fsp3) is 0.526. The minimum atomic E-state index is -3.79. The van der Waals surface area contributed by atoms with Gasteiger partial charge in [0.15, 0.2) is 0 Å². The lowest BCUT2D eigenvalue weighted by Crippen LogP contribution is -2.27. The average Bonchev–Trinajstić information content (AvgIpc) is 2.63. The van der Waals surface area contributed by atoms with Gasteiger partial charge in [-0.15, -0.1) is 0 Å². The number of halogens is 2. The number of carbonyl (C=O) groups excluding carboxylic acids is 1. The molecule has 0 unspecified atom stereocenters. The van der Waals surface area contributed by atoms with Crippen molar-refractivity contribution in [1.82, 2.24) is 5.32 Å². The first kappa shape index (κ1) is 22.4. The first-order chi connectivity index (χ1) is 12.9. The van der Waals surface area contributed by atoms with Crippen LogP contribution in [0.2, 0.25) is 10.0 Å². The lowest BCUT2D eigenvalue weighted by atomic mass is 9.96.